The summed E-state index contributed by atoms with van der Waals surface area (Å²) in [6.45, 7) is 5.85. The summed E-state index contributed by atoms with van der Waals surface area (Å²) in [5.74, 6) is 0.226. The highest BCUT2D eigenvalue weighted by Crippen LogP contribution is 2.32. The highest BCUT2D eigenvalue weighted by molar-refractivity contribution is 5.94. The molecule has 20 heavy (non-hydrogen) atoms. The maximum atomic E-state index is 11.4. The fourth-order valence-corrected chi connectivity index (χ4v) is 2.44. The van der Waals surface area contributed by atoms with Crippen LogP contribution in [0.1, 0.15) is 41.3 Å². The van der Waals surface area contributed by atoms with Gasteiger partial charge in [0, 0.05) is 18.8 Å². The molecule has 2 heterocycles. The largest absolute Gasteiger partial charge is 0.364 e. The molecule has 2 N–H and O–H groups in total. The Hall–Kier alpha value is -2.24. The SMILES string of the molecule is CC.Cc1ncc2c(n1)-c1c(c(C(N)=O)nn1C)CC2. The van der Waals surface area contributed by atoms with Crippen molar-refractivity contribution in [2.45, 2.75) is 33.6 Å². The third-order valence-electron chi connectivity index (χ3n) is 3.23. The van der Waals surface area contributed by atoms with Crippen LogP contribution in [0.25, 0.3) is 11.4 Å². The van der Waals surface area contributed by atoms with Gasteiger partial charge in [-0.3, -0.25) is 9.48 Å². The average Bonchev–Trinajstić information content (AvgIpc) is 2.79. The zero-order valence-electron chi connectivity index (χ0n) is 12.3. The number of hydrogen-bond acceptors (Lipinski definition) is 4. The molecular formula is C14H19N5O. The molecule has 0 fully saturated rings. The number of primary amides is 1. The number of rotatable bonds is 1. The molecule has 0 bridgehead atoms. The lowest BCUT2D eigenvalue weighted by atomic mass is 9.93. The van der Waals surface area contributed by atoms with E-state index in [0.29, 0.717) is 11.5 Å². The molecule has 1 amide bonds. The molecule has 0 aromatic carbocycles. The monoisotopic (exact) mass is 273 g/mol. The van der Waals surface area contributed by atoms with E-state index in [9.17, 15) is 4.79 Å². The van der Waals surface area contributed by atoms with Gasteiger partial charge in [-0.25, -0.2) is 9.97 Å². The number of carbonyl (C=O) groups is 1. The first-order valence-corrected chi connectivity index (χ1v) is 6.76. The lowest BCUT2D eigenvalue weighted by molar-refractivity contribution is 0.0994. The Morgan fingerprint density at radius 3 is 2.70 bits per heavy atom. The molecule has 3 rings (SSSR count). The second-order valence-corrected chi connectivity index (χ2v) is 4.45. The fraction of sp³-hybridized carbons (Fsp3) is 0.429. The van der Waals surface area contributed by atoms with Gasteiger partial charge in [-0.05, 0) is 25.3 Å². The molecular weight excluding hydrogens is 254 g/mol. The summed E-state index contributed by atoms with van der Waals surface area (Å²) in [7, 11) is 1.80. The standard InChI is InChI=1S/C12H13N5O.C2H6/c1-6-14-5-7-3-4-8-10(12(13)18)16-17(2)11(8)9(7)15-6;1-2/h5H,3-4H2,1-2H3,(H2,13,18);1-2H3. The van der Waals surface area contributed by atoms with E-state index < -0.39 is 5.91 Å². The molecule has 2 aromatic rings. The van der Waals surface area contributed by atoms with Gasteiger partial charge in [-0.15, -0.1) is 0 Å². The van der Waals surface area contributed by atoms with Crippen LogP contribution in [0, 0.1) is 6.92 Å². The van der Waals surface area contributed by atoms with Crippen LogP contribution in [0.5, 0.6) is 0 Å². The number of amides is 1. The molecule has 2 aromatic heterocycles. The quantitative estimate of drug-likeness (QED) is 0.851. The van der Waals surface area contributed by atoms with Crippen molar-refractivity contribution in [2.75, 3.05) is 0 Å². The molecule has 0 atom stereocenters. The third-order valence-corrected chi connectivity index (χ3v) is 3.23. The van der Waals surface area contributed by atoms with Crippen LogP contribution in [-0.4, -0.2) is 25.7 Å². The number of nitrogens with two attached hydrogens (primary N) is 1. The van der Waals surface area contributed by atoms with Gasteiger partial charge in [0.15, 0.2) is 5.69 Å². The van der Waals surface area contributed by atoms with E-state index in [0.717, 1.165) is 35.4 Å². The van der Waals surface area contributed by atoms with Gasteiger partial charge in [-0.2, -0.15) is 5.10 Å². The van der Waals surface area contributed by atoms with Crippen LogP contribution in [0.15, 0.2) is 6.20 Å². The number of carbonyl (C=O) groups excluding carboxylic acids is 1. The lowest BCUT2D eigenvalue weighted by Crippen LogP contribution is -2.15. The van der Waals surface area contributed by atoms with Gasteiger partial charge < -0.3 is 5.73 Å². The molecule has 6 heteroatoms. The summed E-state index contributed by atoms with van der Waals surface area (Å²) in [6, 6.07) is 0. The van der Waals surface area contributed by atoms with Crippen molar-refractivity contribution in [3.8, 4) is 11.4 Å². The second kappa shape index (κ2) is 5.40. The van der Waals surface area contributed by atoms with Crippen molar-refractivity contribution in [2.24, 2.45) is 12.8 Å². The molecule has 0 aliphatic heterocycles. The van der Waals surface area contributed by atoms with E-state index in [1.54, 1.807) is 11.7 Å². The predicted octanol–water partition coefficient (Wildman–Crippen LogP) is 1.41. The first-order chi connectivity index (χ1) is 9.58. The Kier molecular flexibility index (Phi) is 3.83. The zero-order chi connectivity index (χ0) is 14.9. The van der Waals surface area contributed by atoms with Crippen LogP contribution in [0.2, 0.25) is 0 Å². The van der Waals surface area contributed by atoms with E-state index in [1.165, 1.54) is 0 Å². The maximum Gasteiger partial charge on any atom is 0.269 e. The Morgan fingerprint density at radius 1 is 1.35 bits per heavy atom. The third kappa shape index (κ3) is 2.17. The Labute approximate surface area is 118 Å². The van der Waals surface area contributed by atoms with Crippen molar-refractivity contribution in [1.82, 2.24) is 19.7 Å². The molecule has 1 aliphatic carbocycles. The van der Waals surface area contributed by atoms with E-state index in [-0.39, 0.29) is 0 Å². The van der Waals surface area contributed by atoms with Gasteiger partial charge in [0.25, 0.3) is 5.91 Å². The average molecular weight is 273 g/mol. The smallest absolute Gasteiger partial charge is 0.269 e. The number of aromatic nitrogens is 4. The summed E-state index contributed by atoms with van der Waals surface area (Å²) >= 11 is 0. The summed E-state index contributed by atoms with van der Waals surface area (Å²) in [5.41, 5.74) is 9.45. The number of hydrogen-bond donors (Lipinski definition) is 1. The minimum Gasteiger partial charge on any atom is -0.364 e. The fourth-order valence-electron chi connectivity index (χ4n) is 2.44. The molecule has 106 valence electrons. The first-order valence-electron chi connectivity index (χ1n) is 6.76. The highest BCUT2D eigenvalue weighted by atomic mass is 16.1. The van der Waals surface area contributed by atoms with Crippen LogP contribution < -0.4 is 5.73 Å². The summed E-state index contributed by atoms with van der Waals surface area (Å²) < 4.78 is 1.68. The molecule has 6 nitrogen and oxygen atoms in total. The molecule has 0 radical (unpaired) electrons. The molecule has 0 saturated carbocycles. The Morgan fingerprint density at radius 2 is 2.05 bits per heavy atom. The molecule has 0 unspecified atom stereocenters. The highest BCUT2D eigenvalue weighted by Gasteiger charge is 2.27. The minimum atomic E-state index is -0.485. The first kappa shape index (κ1) is 14.2. The summed E-state index contributed by atoms with van der Waals surface area (Å²) in [5, 5.41) is 4.20. The zero-order valence-corrected chi connectivity index (χ0v) is 12.3. The second-order valence-electron chi connectivity index (χ2n) is 4.45. The van der Waals surface area contributed by atoms with Crippen molar-refractivity contribution < 1.29 is 4.79 Å². The van der Waals surface area contributed by atoms with Crippen molar-refractivity contribution >= 4 is 5.91 Å². The van der Waals surface area contributed by atoms with Crippen LogP contribution in [-0.2, 0) is 19.9 Å². The maximum absolute atomic E-state index is 11.4. The number of fused-ring (bicyclic) bond motifs is 3. The Balaban J connectivity index is 0.000000704. The van der Waals surface area contributed by atoms with Gasteiger partial charge in [0.05, 0.1) is 11.4 Å². The summed E-state index contributed by atoms with van der Waals surface area (Å²) in [4.78, 5) is 20.0. The number of aryl methyl sites for hydroxylation is 3. The minimum absolute atomic E-state index is 0.356. The van der Waals surface area contributed by atoms with E-state index in [4.69, 9.17) is 5.73 Å². The normalized spacial score (nSPS) is 12.0. The van der Waals surface area contributed by atoms with Gasteiger partial charge >= 0.3 is 0 Å². The molecule has 0 saturated heterocycles. The lowest BCUT2D eigenvalue weighted by Gasteiger charge is -2.16. The van der Waals surface area contributed by atoms with Gasteiger partial charge in [0.1, 0.15) is 5.82 Å². The summed E-state index contributed by atoms with van der Waals surface area (Å²) in [6.07, 6.45) is 3.41. The van der Waals surface area contributed by atoms with Gasteiger partial charge in [0.2, 0.25) is 0 Å². The van der Waals surface area contributed by atoms with Crippen molar-refractivity contribution in [3.63, 3.8) is 0 Å². The number of nitrogens with zero attached hydrogens (tertiary/aromatic N) is 4. The van der Waals surface area contributed by atoms with Crippen molar-refractivity contribution in [3.05, 3.63) is 28.8 Å². The van der Waals surface area contributed by atoms with Gasteiger partial charge in [-0.1, -0.05) is 13.8 Å². The van der Waals surface area contributed by atoms with Crippen LogP contribution in [0.4, 0.5) is 0 Å². The van der Waals surface area contributed by atoms with E-state index in [2.05, 4.69) is 15.1 Å². The van der Waals surface area contributed by atoms with Crippen LogP contribution in [0.3, 0.4) is 0 Å². The molecule has 0 spiro atoms. The molecule has 1 aliphatic rings. The topological polar surface area (TPSA) is 86.7 Å². The van der Waals surface area contributed by atoms with Crippen LogP contribution >= 0.6 is 0 Å². The van der Waals surface area contributed by atoms with E-state index in [1.807, 2.05) is 27.0 Å². The van der Waals surface area contributed by atoms with Crippen molar-refractivity contribution in [1.29, 1.82) is 0 Å². The van der Waals surface area contributed by atoms with E-state index >= 15 is 0 Å². The Bertz CT molecular complexity index is 660. The predicted molar refractivity (Wildman–Crippen MR) is 76.2 cm³/mol.